The highest BCUT2D eigenvalue weighted by atomic mass is 19.1. The zero-order valence-electron chi connectivity index (χ0n) is 10.8. The molecule has 0 unspecified atom stereocenters. The van der Waals surface area contributed by atoms with Crippen LogP contribution < -0.4 is 5.32 Å². The average molecular weight is 286 g/mol. The zero-order valence-corrected chi connectivity index (χ0v) is 10.8. The molecule has 2 aromatic carbocycles. The van der Waals surface area contributed by atoms with Gasteiger partial charge >= 0.3 is 5.97 Å². The summed E-state index contributed by atoms with van der Waals surface area (Å²) >= 11 is 0. The van der Waals surface area contributed by atoms with E-state index in [2.05, 4.69) is 10.3 Å². The maximum Gasteiger partial charge on any atom is 0.307 e. The minimum atomic E-state index is -0.910. The average Bonchev–Trinajstić information content (AvgIpc) is 2.79. The summed E-state index contributed by atoms with van der Waals surface area (Å²) in [6, 6.07) is 11.2. The van der Waals surface area contributed by atoms with Gasteiger partial charge in [-0.25, -0.2) is 4.39 Å². The summed E-state index contributed by atoms with van der Waals surface area (Å²) in [5.41, 5.74) is 2.23. The van der Waals surface area contributed by atoms with E-state index < -0.39 is 5.97 Å². The first-order valence-corrected chi connectivity index (χ1v) is 6.24. The van der Waals surface area contributed by atoms with Crippen LogP contribution in [0.5, 0.6) is 0 Å². The number of rotatable bonds is 4. The predicted octanol–water partition coefficient (Wildman–Crippen LogP) is 3.34. The number of nitrogens with one attached hydrogen (secondary N) is 1. The highest BCUT2D eigenvalue weighted by Gasteiger charge is 2.08. The molecule has 0 aliphatic rings. The first kappa shape index (κ1) is 13.1. The van der Waals surface area contributed by atoms with Crippen molar-refractivity contribution < 1.29 is 18.7 Å². The lowest BCUT2D eigenvalue weighted by atomic mass is 10.1. The number of fused-ring (bicyclic) bond motifs is 1. The van der Waals surface area contributed by atoms with Crippen molar-refractivity contribution in [2.24, 2.45) is 0 Å². The van der Waals surface area contributed by atoms with E-state index in [0.717, 1.165) is 0 Å². The van der Waals surface area contributed by atoms with Crippen molar-refractivity contribution in [3.63, 3.8) is 0 Å². The number of anilines is 2. The van der Waals surface area contributed by atoms with Crippen LogP contribution in [0.15, 0.2) is 46.9 Å². The Balaban J connectivity index is 1.88. The van der Waals surface area contributed by atoms with Crippen LogP contribution in [0.4, 0.5) is 16.1 Å². The molecule has 0 radical (unpaired) electrons. The van der Waals surface area contributed by atoms with Crippen LogP contribution in [0.2, 0.25) is 0 Å². The Hall–Kier alpha value is -2.89. The Labute approximate surface area is 119 Å². The summed E-state index contributed by atoms with van der Waals surface area (Å²) in [6.07, 6.45) is -0.0801. The number of aliphatic carboxylic acids is 1. The van der Waals surface area contributed by atoms with E-state index in [1.165, 1.54) is 12.1 Å². The van der Waals surface area contributed by atoms with Crippen LogP contribution in [-0.2, 0) is 11.2 Å². The maximum atomic E-state index is 13.1. The number of carboxylic acids is 1. The number of hydrogen-bond acceptors (Lipinski definition) is 4. The van der Waals surface area contributed by atoms with Crippen molar-refractivity contribution in [2.75, 3.05) is 5.32 Å². The largest absolute Gasteiger partial charge is 0.481 e. The second-order valence-corrected chi connectivity index (χ2v) is 4.53. The first-order chi connectivity index (χ1) is 10.1. The SMILES string of the molecule is O=C(O)Cc1ccc2nc(Nc3cccc(F)c3)oc2c1. The smallest absolute Gasteiger partial charge is 0.307 e. The van der Waals surface area contributed by atoms with E-state index in [0.29, 0.717) is 22.4 Å². The van der Waals surface area contributed by atoms with Crippen molar-refractivity contribution in [1.82, 2.24) is 4.98 Å². The van der Waals surface area contributed by atoms with Gasteiger partial charge in [-0.05, 0) is 35.9 Å². The number of carbonyl (C=O) groups is 1. The Morgan fingerprint density at radius 1 is 1.29 bits per heavy atom. The molecule has 6 heteroatoms. The van der Waals surface area contributed by atoms with Gasteiger partial charge in [0.1, 0.15) is 11.3 Å². The quantitative estimate of drug-likeness (QED) is 0.769. The van der Waals surface area contributed by atoms with Crippen LogP contribution in [0.25, 0.3) is 11.1 Å². The molecule has 0 amide bonds. The molecule has 0 fully saturated rings. The number of halogens is 1. The molecule has 0 bridgehead atoms. The number of hydrogen-bond donors (Lipinski definition) is 2. The second-order valence-electron chi connectivity index (χ2n) is 4.53. The molecule has 2 N–H and O–H groups in total. The molecule has 0 aliphatic heterocycles. The van der Waals surface area contributed by atoms with Crippen molar-refractivity contribution in [3.05, 3.63) is 53.8 Å². The fourth-order valence-electron chi connectivity index (χ4n) is 2.00. The minimum absolute atomic E-state index is 0.0801. The van der Waals surface area contributed by atoms with Gasteiger partial charge in [-0.3, -0.25) is 4.79 Å². The summed E-state index contributed by atoms with van der Waals surface area (Å²) < 4.78 is 18.6. The Kier molecular flexibility index (Phi) is 3.27. The maximum absolute atomic E-state index is 13.1. The highest BCUT2D eigenvalue weighted by molar-refractivity contribution is 5.78. The fraction of sp³-hybridized carbons (Fsp3) is 0.0667. The topological polar surface area (TPSA) is 75.4 Å². The molecule has 0 aliphatic carbocycles. The monoisotopic (exact) mass is 286 g/mol. The van der Waals surface area contributed by atoms with Gasteiger partial charge in [-0.1, -0.05) is 12.1 Å². The number of aromatic nitrogens is 1. The van der Waals surface area contributed by atoms with Crippen LogP contribution in [-0.4, -0.2) is 16.1 Å². The molecular formula is C15H11FN2O3. The van der Waals surface area contributed by atoms with Crippen LogP contribution in [0, 0.1) is 5.82 Å². The molecule has 106 valence electrons. The molecular weight excluding hydrogens is 275 g/mol. The van der Waals surface area contributed by atoms with Crippen molar-refractivity contribution in [1.29, 1.82) is 0 Å². The summed E-state index contributed by atoms with van der Waals surface area (Å²) in [7, 11) is 0. The molecule has 0 saturated heterocycles. The molecule has 5 nitrogen and oxygen atoms in total. The normalized spacial score (nSPS) is 10.7. The van der Waals surface area contributed by atoms with E-state index in [-0.39, 0.29) is 18.3 Å². The van der Waals surface area contributed by atoms with Crippen molar-refractivity contribution in [3.8, 4) is 0 Å². The molecule has 0 saturated carbocycles. The van der Waals surface area contributed by atoms with Crippen LogP contribution >= 0.6 is 0 Å². The highest BCUT2D eigenvalue weighted by Crippen LogP contribution is 2.23. The van der Waals surface area contributed by atoms with Gasteiger partial charge in [-0.15, -0.1) is 0 Å². The molecule has 1 heterocycles. The second kappa shape index (κ2) is 5.24. The number of carboxylic acid groups (broad SMARTS) is 1. The third-order valence-electron chi connectivity index (χ3n) is 2.88. The van der Waals surface area contributed by atoms with E-state index in [1.54, 1.807) is 30.3 Å². The lowest BCUT2D eigenvalue weighted by Crippen LogP contribution is -1.99. The van der Waals surface area contributed by atoms with Gasteiger partial charge in [0, 0.05) is 5.69 Å². The molecule has 0 atom stereocenters. The van der Waals surface area contributed by atoms with E-state index in [4.69, 9.17) is 9.52 Å². The fourth-order valence-corrected chi connectivity index (χ4v) is 2.00. The first-order valence-electron chi connectivity index (χ1n) is 6.24. The van der Waals surface area contributed by atoms with E-state index in [9.17, 15) is 9.18 Å². The molecule has 3 aromatic rings. The summed E-state index contributed by atoms with van der Waals surface area (Å²) in [5, 5.41) is 11.6. The lowest BCUT2D eigenvalue weighted by Gasteiger charge is -2.00. The molecule has 21 heavy (non-hydrogen) atoms. The van der Waals surface area contributed by atoms with Gasteiger partial charge in [0.05, 0.1) is 6.42 Å². The number of benzene rings is 2. The van der Waals surface area contributed by atoms with Gasteiger partial charge in [0.2, 0.25) is 0 Å². The van der Waals surface area contributed by atoms with Gasteiger partial charge < -0.3 is 14.8 Å². The lowest BCUT2D eigenvalue weighted by molar-refractivity contribution is -0.136. The van der Waals surface area contributed by atoms with E-state index in [1.807, 2.05) is 0 Å². The van der Waals surface area contributed by atoms with Gasteiger partial charge in [0.25, 0.3) is 6.01 Å². The predicted molar refractivity (Wildman–Crippen MR) is 75.0 cm³/mol. The summed E-state index contributed by atoms with van der Waals surface area (Å²) in [4.78, 5) is 14.9. The summed E-state index contributed by atoms with van der Waals surface area (Å²) in [5.74, 6) is -1.27. The van der Waals surface area contributed by atoms with Crippen LogP contribution in [0.1, 0.15) is 5.56 Å². The Morgan fingerprint density at radius 2 is 2.14 bits per heavy atom. The number of oxazole rings is 1. The Morgan fingerprint density at radius 3 is 2.90 bits per heavy atom. The minimum Gasteiger partial charge on any atom is -0.481 e. The third-order valence-corrected chi connectivity index (χ3v) is 2.88. The standard InChI is InChI=1S/C15H11FN2O3/c16-10-2-1-3-11(8-10)17-15-18-12-5-4-9(7-14(19)20)6-13(12)21-15/h1-6,8H,7H2,(H,17,18)(H,19,20). The molecule has 1 aromatic heterocycles. The van der Waals surface area contributed by atoms with Crippen molar-refractivity contribution in [2.45, 2.75) is 6.42 Å². The van der Waals surface area contributed by atoms with Gasteiger partial charge in [0.15, 0.2) is 5.58 Å². The zero-order chi connectivity index (χ0) is 14.8. The third kappa shape index (κ3) is 3.00. The molecule has 3 rings (SSSR count). The summed E-state index contributed by atoms with van der Waals surface area (Å²) in [6.45, 7) is 0. The number of nitrogens with zero attached hydrogens (tertiary/aromatic N) is 1. The van der Waals surface area contributed by atoms with Crippen molar-refractivity contribution >= 4 is 28.8 Å². The van der Waals surface area contributed by atoms with E-state index >= 15 is 0 Å². The van der Waals surface area contributed by atoms with Crippen LogP contribution in [0.3, 0.4) is 0 Å². The Bertz CT molecular complexity index is 814. The molecule has 0 spiro atoms. The van der Waals surface area contributed by atoms with Gasteiger partial charge in [-0.2, -0.15) is 4.98 Å².